The maximum Gasteiger partial charge on any atom is 0.240 e. The van der Waals surface area contributed by atoms with E-state index in [0.717, 1.165) is 5.69 Å². The Morgan fingerprint density at radius 2 is 1.74 bits per heavy atom. The van der Waals surface area contributed by atoms with Gasteiger partial charge in [-0.05, 0) is 55.0 Å². The molecule has 0 saturated heterocycles. The molecule has 9 nitrogen and oxygen atoms in total. The van der Waals surface area contributed by atoms with E-state index in [2.05, 4.69) is 15.0 Å². The Morgan fingerprint density at radius 3 is 2.32 bits per heavy atom. The van der Waals surface area contributed by atoms with Crippen LogP contribution in [0.2, 0.25) is 0 Å². The fourth-order valence-electron chi connectivity index (χ4n) is 3.38. The van der Waals surface area contributed by atoms with E-state index in [-0.39, 0.29) is 24.4 Å². The maximum atomic E-state index is 12.6. The van der Waals surface area contributed by atoms with Crippen molar-refractivity contribution in [2.24, 2.45) is 16.6 Å². The molecule has 3 N–H and O–H groups in total. The minimum Gasteiger partial charge on any atom is -0.494 e. The number of ether oxygens (including phenoxy) is 1. The first-order valence-electron chi connectivity index (χ1n) is 10.7. The highest BCUT2D eigenvalue weighted by Gasteiger charge is 2.20. The van der Waals surface area contributed by atoms with E-state index in [1.165, 1.54) is 12.4 Å². The predicted molar refractivity (Wildman–Crippen MR) is 123 cm³/mol. The van der Waals surface area contributed by atoms with Gasteiger partial charge in [0.05, 0.1) is 24.5 Å². The van der Waals surface area contributed by atoms with Crippen LogP contribution < -0.4 is 10.5 Å². The number of hydrogen-bond acceptors (Lipinski definition) is 7. The minimum absolute atomic E-state index is 0.0577. The van der Waals surface area contributed by atoms with Crippen molar-refractivity contribution in [2.45, 2.75) is 25.7 Å². The van der Waals surface area contributed by atoms with E-state index >= 15 is 0 Å². The lowest BCUT2D eigenvalue weighted by atomic mass is 9.95. The smallest absolute Gasteiger partial charge is 0.240 e. The minimum atomic E-state index is -0.576. The second kappa shape index (κ2) is 12.0. The van der Waals surface area contributed by atoms with Gasteiger partial charge in [0.25, 0.3) is 0 Å². The number of amides is 1. The number of carbonyl (C=O) groups excluding carboxylic acids is 4. The summed E-state index contributed by atoms with van der Waals surface area (Å²) in [7, 11) is 0. The summed E-state index contributed by atoms with van der Waals surface area (Å²) in [5, 5.41) is 0. The topological polar surface area (TPSA) is 145 Å². The average Bonchev–Trinajstić information content (AvgIpc) is 3.35. The van der Waals surface area contributed by atoms with Gasteiger partial charge in [0, 0.05) is 42.3 Å². The Labute approximate surface area is 196 Å². The van der Waals surface area contributed by atoms with Crippen LogP contribution in [0, 0.1) is 5.92 Å². The Morgan fingerprint density at radius 1 is 1.06 bits per heavy atom. The molecule has 34 heavy (non-hydrogen) atoms. The zero-order valence-corrected chi connectivity index (χ0v) is 18.4. The van der Waals surface area contributed by atoms with E-state index in [1.54, 1.807) is 54.7 Å². The largest absolute Gasteiger partial charge is 0.494 e. The van der Waals surface area contributed by atoms with Gasteiger partial charge < -0.3 is 15.5 Å². The number of nitrogens with zero attached hydrogens (tertiary/aromatic N) is 2. The Bertz CT molecular complexity index is 1170. The number of nitrogens with one attached hydrogen (secondary N) is 1. The van der Waals surface area contributed by atoms with E-state index in [1.807, 2.05) is 0 Å². The van der Waals surface area contributed by atoms with Crippen LogP contribution in [0.5, 0.6) is 5.75 Å². The number of Topliss-reactive ketones (excluding diaryl/α,β-unsaturated/α-hetero) is 1. The first kappa shape index (κ1) is 24.3. The number of aromatic nitrogens is 2. The molecule has 0 saturated carbocycles. The van der Waals surface area contributed by atoms with Gasteiger partial charge in [-0.3, -0.25) is 14.4 Å². The summed E-state index contributed by atoms with van der Waals surface area (Å²) < 4.78 is 5.66. The van der Waals surface area contributed by atoms with Gasteiger partial charge in [-0.2, -0.15) is 4.99 Å². The summed E-state index contributed by atoms with van der Waals surface area (Å²) in [5.41, 5.74) is 7.57. The number of rotatable bonds is 13. The molecule has 3 rings (SSSR count). The monoisotopic (exact) mass is 460 g/mol. The summed E-state index contributed by atoms with van der Waals surface area (Å²) in [6.45, 7) is 0.319. The van der Waals surface area contributed by atoms with Crippen LogP contribution in [-0.2, 0) is 20.8 Å². The van der Waals surface area contributed by atoms with E-state index < -0.39 is 11.8 Å². The third kappa shape index (κ3) is 7.08. The molecule has 1 atom stereocenters. The van der Waals surface area contributed by atoms with Gasteiger partial charge in [0.2, 0.25) is 12.0 Å². The lowest BCUT2D eigenvalue weighted by Crippen LogP contribution is -2.27. The molecular formula is C25H24N4O5. The van der Waals surface area contributed by atoms with Crippen LogP contribution in [0.4, 0.5) is 5.69 Å². The third-order valence-corrected chi connectivity index (χ3v) is 5.19. The summed E-state index contributed by atoms with van der Waals surface area (Å²) in [5.74, 6) is -0.739. The second-order valence-corrected chi connectivity index (χ2v) is 7.68. The highest BCUT2D eigenvalue weighted by molar-refractivity contribution is 6.09. The molecular weight excluding hydrogens is 436 g/mol. The van der Waals surface area contributed by atoms with Gasteiger partial charge >= 0.3 is 0 Å². The van der Waals surface area contributed by atoms with Gasteiger partial charge in [-0.25, -0.2) is 9.78 Å². The average molecular weight is 460 g/mol. The number of nitrogens with two attached hydrogens (primary N) is 1. The lowest BCUT2D eigenvalue weighted by Gasteiger charge is -2.11. The molecule has 1 aromatic heterocycles. The molecule has 0 radical (unpaired) electrons. The zero-order valence-electron chi connectivity index (χ0n) is 18.4. The molecule has 174 valence electrons. The SMILES string of the molecule is NC(=O)C(CC(=O)CCCOc1ccc(C(=O)c2ccc(N=C=O)cc2)cc1)Cc1cnc[nH]1. The highest BCUT2D eigenvalue weighted by Crippen LogP contribution is 2.19. The van der Waals surface area contributed by atoms with Crippen molar-refractivity contribution in [3.63, 3.8) is 0 Å². The second-order valence-electron chi connectivity index (χ2n) is 7.68. The molecule has 9 heteroatoms. The molecule has 1 heterocycles. The first-order chi connectivity index (χ1) is 16.5. The Hall–Kier alpha value is -4.36. The number of carbonyl (C=O) groups is 3. The fourth-order valence-corrected chi connectivity index (χ4v) is 3.38. The number of imidazole rings is 1. The quantitative estimate of drug-likeness (QED) is 0.174. The molecule has 0 spiro atoms. The number of aromatic amines is 1. The number of hydrogen-bond donors (Lipinski definition) is 2. The molecule has 0 aliphatic heterocycles. The lowest BCUT2D eigenvalue weighted by molar-refractivity contribution is -0.127. The molecule has 1 amide bonds. The van der Waals surface area contributed by atoms with Crippen molar-refractivity contribution in [3.05, 3.63) is 77.9 Å². The Balaban J connectivity index is 1.43. The summed E-state index contributed by atoms with van der Waals surface area (Å²) in [4.78, 5) is 57.1. The number of primary amides is 1. The molecule has 3 aromatic rings. The molecule has 0 fully saturated rings. The fraction of sp³-hybridized carbons (Fsp3) is 0.240. The van der Waals surface area contributed by atoms with Crippen LogP contribution >= 0.6 is 0 Å². The maximum absolute atomic E-state index is 12.6. The zero-order chi connectivity index (χ0) is 24.3. The molecule has 0 bridgehead atoms. The molecule has 0 aliphatic rings. The van der Waals surface area contributed by atoms with Crippen molar-refractivity contribution >= 4 is 29.2 Å². The summed E-state index contributed by atoms with van der Waals surface area (Å²) in [6, 6.07) is 13.0. The molecule has 2 aromatic carbocycles. The van der Waals surface area contributed by atoms with Gasteiger partial charge in [-0.15, -0.1) is 0 Å². The van der Waals surface area contributed by atoms with Gasteiger partial charge in [-0.1, -0.05) is 0 Å². The van der Waals surface area contributed by atoms with E-state index in [0.29, 0.717) is 42.0 Å². The number of isocyanates is 1. The van der Waals surface area contributed by atoms with Crippen molar-refractivity contribution < 1.29 is 23.9 Å². The predicted octanol–water partition coefficient (Wildman–Crippen LogP) is 3.07. The standard InChI is InChI=1S/C25H24N4O5/c26-25(33)19(12-21-14-27-15-28-21)13-22(31)2-1-11-34-23-9-5-18(6-10-23)24(32)17-3-7-20(8-4-17)29-16-30/h3-10,14-15,19H,1-2,11-13H2,(H2,26,33)(H,27,28). The van der Waals surface area contributed by atoms with Crippen molar-refractivity contribution in [2.75, 3.05) is 6.61 Å². The third-order valence-electron chi connectivity index (χ3n) is 5.19. The first-order valence-corrected chi connectivity index (χ1v) is 10.7. The highest BCUT2D eigenvalue weighted by atomic mass is 16.5. The normalized spacial score (nSPS) is 11.3. The van der Waals surface area contributed by atoms with E-state index in [9.17, 15) is 19.2 Å². The molecule has 1 unspecified atom stereocenters. The van der Waals surface area contributed by atoms with Crippen molar-refractivity contribution in [3.8, 4) is 5.75 Å². The number of ketones is 2. The van der Waals surface area contributed by atoms with Crippen molar-refractivity contribution in [1.29, 1.82) is 0 Å². The summed E-state index contributed by atoms with van der Waals surface area (Å²) in [6.07, 6.45) is 5.76. The van der Waals surface area contributed by atoms with Gasteiger partial charge in [0.1, 0.15) is 11.5 Å². The van der Waals surface area contributed by atoms with Crippen LogP contribution in [0.15, 0.2) is 66.0 Å². The number of H-pyrrole nitrogens is 1. The van der Waals surface area contributed by atoms with Crippen molar-refractivity contribution in [1.82, 2.24) is 9.97 Å². The van der Waals surface area contributed by atoms with Crippen LogP contribution in [-0.4, -0.2) is 40.1 Å². The Kier molecular flexibility index (Phi) is 8.60. The number of aliphatic imine (C=N–C) groups is 1. The summed E-state index contributed by atoms with van der Waals surface area (Å²) >= 11 is 0. The van der Waals surface area contributed by atoms with E-state index in [4.69, 9.17) is 10.5 Å². The van der Waals surface area contributed by atoms with Crippen LogP contribution in [0.1, 0.15) is 40.9 Å². The number of benzene rings is 2. The molecule has 0 aliphatic carbocycles. The van der Waals surface area contributed by atoms with Gasteiger partial charge in [0.15, 0.2) is 5.78 Å². The van der Waals surface area contributed by atoms with Crippen LogP contribution in [0.25, 0.3) is 0 Å². The van der Waals surface area contributed by atoms with Crippen LogP contribution in [0.3, 0.4) is 0 Å².